The van der Waals surface area contributed by atoms with E-state index in [0.717, 1.165) is 31.7 Å². The molecule has 1 saturated heterocycles. The maximum atomic E-state index is 9.37. The van der Waals surface area contributed by atoms with E-state index in [2.05, 4.69) is 35.1 Å². The van der Waals surface area contributed by atoms with E-state index in [1.54, 1.807) is 0 Å². The van der Waals surface area contributed by atoms with E-state index in [4.69, 9.17) is 0 Å². The number of nitrogens with zero attached hydrogens (tertiary/aromatic N) is 2. The molecule has 0 saturated carbocycles. The van der Waals surface area contributed by atoms with Gasteiger partial charge < -0.3 is 15.3 Å². The van der Waals surface area contributed by atoms with Crippen molar-refractivity contribution in [3.8, 4) is 0 Å². The third kappa shape index (κ3) is 3.91. The third-order valence-corrected chi connectivity index (χ3v) is 3.92. The van der Waals surface area contributed by atoms with Crippen molar-refractivity contribution in [2.75, 3.05) is 24.6 Å². The summed E-state index contributed by atoms with van der Waals surface area (Å²) < 4.78 is 0. The van der Waals surface area contributed by atoms with Crippen LogP contribution in [0, 0.1) is 5.92 Å². The molecule has 4 heteroatoms. The van der Waals surface area contributed by atoms with E-state index in [1.807, 2.05) is 18.3 Å². The summed E-state index contributed by atoms with van der Waals surface area (Å²) in [5.74, 6) is 1.54. The molecule has 0 radical (unpaired) electrons. The largest absolute Gasteiger partial charge is 0.395 e. The quantitative estimate of drug-likeness (QED) is 0.848. The minimum atomic E-state index is 0.214. The van der Waals surface area contributed by atoms with Crippen molar-refractivity contribution in [2.24, 2.45) is 5.92 Å². The highest BCUT2D eigenvalue weighted by molar-refractivity contribution is 5.38. The zero-order chi connectivity index (χ0) is 13.7. The molecule has 1 aliphatic heterocycles. The molecule has 1 fully saturated rings. The maximum absolute atomic E-state index is 9.37. The van der Waals surface area contributed by atoms with Gasteiger partial charge >= 0.3 is 0 Å². The number of nitrogens with one attached hydrogen (secondary N) is 1. The fourth-order valence-corrected chi connectivity index (χ4v) is 2.57. The van der Waals surface area contributed by atoms with Crippen LogP contribution < -0.4 is 10.2 Å². The Morgan fingerprint density at radius 2 is 2.11 bits per heavy atom. The van der Waals surface area contributed by atoms with E-state index in [-0.39, 0.29) is 12.6 Å². The molecular formula is C15H25N3O. The van der Waals surface area contributed by atoms with Crippen molar-refractivity contribution >= 4 is 5.82 Å². The molecule has 0 bridgehead atoms. The first-order chi connectivity index (χ1) is 9.20. The Labute approximate surface area is 115 Å². The van der Waals surface area contributed by atoms with Crippen LogP contribution in [0.1, 0.15) is 26.7 Å². The van der Waals surface area contributed by atoms with Crippen LogP contribution in [-0.4, -0.2) is 41.9 Å². The summed E-state index contributed by atoms with van der Waals surface area (Å²) in [5, 5.41) is 13.0. The maximum Gasteiger partial charge on any atom is 0.128 e. The van der Waals surface area contributed by atoms with Crippen molar-refractivity contribution in [3.63, 3.8) is 0 Å². The molecule has 1 atom stereocenters. The van der Waals surface area contributed by atoms with Crippen LogP contribution in [0.15, 0.2) is 24.4 Å². The van der Waals surface area contributed by atoms with Crippen LogP contribution in [0.3, 0.4) is 0 Å². The van der Waals surface area contributed by atoms with Crippen LogP contribution in [0.2, 0.25) is 0 Å². The first-order valence-corrected chi connectivity index (χ1v) is 7.23. The third-order valence-electron chi connectivity index (χ3n) is 3.92. The van der Waals surface area contributed by atoms with Gasteiger partial charge in [-0.1, -0.05) is 19.9 Å². The summed E-state index contributed by atoms with van der Waals surface area (Å²) in [7, 11) is 0. The highest BCUT2D eigenvalue weighted by Gasteiger charge is 2.23. The molecule has 0 amide bonds. The summed E-state index contributed by atoms with van der Waals surface area (Å²) in [6.45, 7) is 6.59. The lowest BCUT2D eigenvalue weighted by atomic mass is 9.99. The van der Waals surface area contributed by atoms with Gasteiger partial charge in [0.25, 0.3) is 0 Å². The summed E-state index contributed by atoms with van der Waals surface area (Å²) >= 11 is 0. The van der Waals surface area contributed by atoms with Gasteiger partial charge in [-0.25, -0.2) is 4.98 Å². The number of pyridine rings is 1. The zero-order valence-electron chi connectivity index (χ0n) is 11.9. The van der Waals surface area contributed by atoms with Crippen LogP contribution in [0.5, 0.6) is 0 Å². The molecular weight excluding hydrogens is 238 g/mol. The Hall–Kier alpha value is -1.13. The Morgan fingerprint density at radius 3 is 2.63 bits per heavy atom. The molecule has 2 rings (SSSR count). The predicted octanol–water partition coefficient (Wildman–Crippen LogP) is 1.66. The fourth-order valence-electron chi connectivity index (χ4n) is 2.57. The Bertz CT molecular complexity index is 361. The van der Waals surface area contributed by atoms with E-state index in [1.165, 1.54) is 0 Å². The highest BCUT2D eigenvalue weighted by Crippen LogP contribution is 2.18. The van der Waals surface area contributed by atoms with Crippen molar-refractivity contribution < 1.29 is 5.11 Å². The standard InChI is InChI=1S/C15H25N3O/c1-12(2)14(11-19)17-13-6-9-18(10-7-13)15-5-3-4-8-16-15/h3-5,8,12-14,17,19H,6-7,9-11H2,1-2H3/t14-/m1/s1. The van der Waals surface area contributed by atoms with Crippen LogP contribution in [0.25, 0.3) is 0 Å². The first kappa shape index (κ1) is 14.3. The van der Waals surface area contributed by atoms with Crippen LogP contribution >= 0.6 is 0 Å². The van der Waals surface area contributed by atoms with Gasteiger partial charge in [0.1, 0.15) is 5.82 Å². The lowest BCUT2D eigenvalue weighted by Gasteiger charge is -2.35. The van der Waals surface area contributed by atoms with Crippen LogP contribution in [0.4, 0.5) is 5.82 Å². The molecule has 1 aliphatic rings. The second-order valence-corrected chi connectivity index (χ2v) is 5.65. The lowest BCUT2D eigenvalue weighted by Crippen LogP contribution is -2.49. The predicted molar refractivity (Wildman–Crippen MR) is 78.3 cm³/mol. The molecule has 1 aromatic rings. The van der Waals surface area contributed by atoms with Crippen molar-refractivity contribution in [1.29, 1.82) is 0 Å². The Kier molecular flexibility index (Phi) is 5.16. The molecule has 19 heavy (non-hydrogen) atoms. The van der Waals surface area contributed by atoms with Gasteiger partial charge in [0, 0.05) is 31.4 Å². The lowest BCUT2D eigenvalue weighted by molar-refractivity contribution is 0.192. The van der Waals surface area contributed by atoms with Crippen molar-refractivity contribution in [1.82, 2.24) is 10.3 Å². The van der Waals surface area contributed by atoms with Gasteiger partial charge in [-0.05, 0) is 30.9 Å². The van der Waals surface area contributed by atoms with Gasteiger partial charge in [0.05, 0.1) is 6.61 Å². The number of rotatable bonds is 5. The fraction of sp³-hybridized carbons (Fsp3) is 0.667. The average molecular weight is 263 g/mol. The Balaban J connectivity index is 1.82. The number of hydrogen-bond donors (Lipinski definition) is 2. The van der Waals surface area contributed by atoms with Gasteiger partial charge in [0.2, 0.25) is 0 Å². The van der Waals surface area contributed by atoms with Crippen molar-refractivity contribution in [3.05, 3.63) is 24.4 Å². The molecule has 2 heterocycles. The topological polar surface area (TPSA) is 48.4 Å². The molecule has 0 spiro atoms. The second kappa shape index (κ2) is 6.87. The summed E-state index contributed by atoms with van der Waals surface area (Å²) in [6.07, 6.45) is 4.07. The van der Waals surface area contributed by atoms with E-state index < -0.39 is 0 Å². The molecule has 0 aromatic carbocycles. The molecule has 0 unspecified atom stereocenters. The van der Waals surface area contributed by atoms with Crippen molar-refractivity contribution in [2.45, 2.75) is 38.8 Å². The van der Waals surface area contributed by atoms with Gasteiger partial charge in [-0.2, -0.15) is 0 Å². The first-order valence-electron chi connectivity index (χ1n) is 7.23. The second-order valence-electron chi connectivity index (χ2n) is 5.65. The average Bonchev–Trinajstić information content (AvgIpc) is 2.46. The van der Waals surface area contributed by atoms with E-state index in [0.29, 0.717) is 12.0 Å². The van der Waals surface area contributed by atoms with Gasteiger partial charge in [-0.3, -0.25) is 0 Å². The van der Waals surface area contributed by atoms with E-state index in [9.17, 15) is 5.11 Å². The summed E-state index contributed by atoms with van der Waals surface area (Å²) in [5.41, 5.74) is 0. The van der Waals surface area contributed by atoms with E-state index >= 15 is 0 Å². The van der Waals surface area contributed by atoms with Gasteiger partial charge in [0.15, 0.2) is 0 Å². The number of anilines is 1. The summed E-state index contributed by atoms with van der Waals surface area (Å²) in [4.78, 5) is 6.73. The number of piperidine rings is 1. The van der Waals surface area contributed by atoms with Gasteiger partial charge in [-0.15, -0.1) is 0 Å². The normalized spacial score (nSPS) is 18.8. The minimum Gasteiger partial charge on any atom is -0.395 e. The summed E-state index contributed by atoms with van der Waals surface area (Å²) in [6, 6.07) is 6.78. The SMILES string of the molecule is CC(C)[C@@H](CO)NC1CCN(c2ccccn2)CC1. The molecule has 1 aromatic heterocycles. The molecule has 4 nitrogen and oxygen atoms in total. The number of aromatic nitrogens is 1. The monoisotopic (exact) mass is 263 g/mol. The number of hydrogen-bond acceptors (Lipinski definition) is 4. The molecule has 0 aliphatic carbocycles. The number of aliphatic hydroxyl groups is 1. The zero-order valence-corrected chi connectivity index (χ0v) is 11.9. The van der Waals surface area contributed by atoms with Crippen LogP contribution in [-0.2, 0) is 0 Å². The Morgan fingerprint density at radius 1 is 1.37 bits per heavy atom. The highest BCUT2D eigenvalue weighted by atomic mass is 16.3. The smallest absolute Gasteiger partial charge is 0.128 e. The molecule has 106 valence electrons. The number of aliphatic hydroxyl groups excluding tert-OH is 1. The molecule has 2 N–H and O–H groups in total. The minimum absolute atomic E-state index is 0.214.